The Kier molecular flexibility index (Phi) is 4.19. The van der Waals surface area contributed by atoms with Crippen molar-refractivity contribution in [2.45, 2.75) is 0 Å². The topological polar surface area (TPSA) is 31.9 Å². The molecule has 0 saturated heterocycles. The van der Waals surface area contributed by atoms with Crippen molar-refractivity contribution in [1.82, 2.24) is 9.97 Å². The lowest BCUT2D eigenvalue weighted by Crippen LogP contribution is -2.19. The first-order chi connectivity index (χ1) is 10.8. The van der Waals surface area contributed by atoms with E-state index < -0.39 is 0 Å². The lowest BCUT2D eigenvalue weighted by molar-refractivity contribution is 0.497. The molecule has 0 aliphatic carbocycles. The van der Waals surface area contributed by atoms with Gasteiger partial charge < -0.3 is 9.88 Å². The molecule has 2 aromatic carbocycles. The van der Waals surface area contributed by atoms with Crippen LogP contribution in [0.15, 0.2) is 48.5 Å². The first-order valence-electron chi connectivity index (χ1n) is 7.26. The van der Waals surface area contributed by atoms with Crippen LogP contribution in [0, 0.1) is 0 Å². The van der Waals surface area contributed by atoms with Gasteiger partial charge in [0.2, 0.25) is 0 Å². The fourth-order valence-electron chi connectivity index (χ4n) is 2.32. The Morgan fingerprint density at radius 1 is 1.09 bits per heavy atom. The maximum absolute atomic E-state index is 12.3. The summed E-state index contributed by atoms with van der Waals surface area (Å²) < 4.78 is 12.3. The molecule has 0 aliphatic rings. The first kappa shape index (κ1) is 14.3. The summed E-state index contributed by atoms with van der Waals surface area (Å²) in [7, 11) is 1.89. The Balaban J connectivity index is 1.74. The first-order valence-corrected chi connectivity index (χ1v) is 7.26. The summed E-state index contributed by atoms with van der Waals surface area (Å²) >= 11 is 0. The summed E-state index contributed by atoms with van der Waals surface area (Å²) in [5, 5.41) is 0. The van der Waals surface area contributed by atoms with Gasteiger partial charge in [-0.1, -0.05) is 30.3 Å². The number of para-hydroxylation sites is 2. The van der Waals surface area contributed by atoms with Crippen LogP contribution >= 0.6 is 0 Å². The molecular formula is C18H18FN3. The smallest absolute Gasteiger partial charge is 0.131 e. The number of rotatable bonds is 5. The van der Waals surface area contributed by atoms with E-state index in [0.29, 0.717) is 6.54 Å². The molecule has 1 N–H and O–H groups in total. The highest BCUT2D eigenvalue weighted by Gasteiger charge is 2.00. The second-order valence-corrected chi connectivity index (χ2v) is 5.17. The van der Waals surface area contributed by atoms with Gasteiger partial charge in [-0.3, -0.25) is 0 Å². The average Bonchev–Trinajstić information content (AvgIpc) is 2.96. The molecule has 0 aliphatic heterocycles. The quantitative estimate of drug-likeness (QED) is 0.767. The monoisotopic (exact) mass is 295 g/mol. The van der Waals surface area contributed by atoms with Gasteiger partial charge in [-0.15, -0.1) is 0 Å². The molecule has 0 spiro atoms. The van der Waals surface area contributed by atoms with Gasteiger partial charge in [0.05, 0.1) is 11.0 Å². The second-order valence-electron chi connectivity index (χ2n) is 5.17. The van der Waals surface area contributed by atoms with Crippen LogP contribution in [0.25, 0.3) is 23.2 Å². The Morgan fingerprint density at radius 3 is 2.59 bits per heavy atom. The number of aromatic nitrogens is 2. The maximum atomic E-state index is 12.3. The number of nitrogens with one attached hydrogen (secondary N) is 1. The molecule has 0 fully saturated rings. The van der Waals surface area contributed by atoms with Gasteiger partial charge in [0.25, 0.3) is 0 Å². The van der Waals surface area contributed by atoms with Crippen LogP contribution in [0.2, 0.25) is 0 Å². The zero-order valence-corrected chi connectivity index (χ0v) is 12.5. The lowest BCUT2D eigenvalue weighted by atomic mass is 10.2. The van der Waals surface area contributed by atoms with Gasteiger partial charge in [-0.25, -0.2) is 9.37 Å². The van der Waals surface area contributed by atoms with E-state index in [1.54, 1.807) is 0 Å². The molecule has 0 atom stereocenters. The molecule has 1 aromatic heterocycles. The molecule has 22 heavy (non-hydrogen) atoms. The molecule has 0 bridgehead atoms. The zero-order valence-electron chi connectivity index (χ0n) is 12.5. The van der Waals surface area contributed by atoms with Crippen LogP contribution in [-0.2, 0) is 0 Å². The van der Waals surface area contributed by atoms with Crippen molar-refractivity contribution >= 4 is 28.9 Å². The highest BCUT2D eigenvalue weighted by molar-refractivity contribution is 5.78. The number of anilines is 1. The van der Waals surface area contributed by atoms with Gasteiger partial charge in [-0.2, -0.15) is 0 Å². The number of hydrogen-bond donors (Lipinski definition) is 1. The largest absolute Gasteiger partial charge is 0.372 e. The van der Waals surface area contributed by atoms with Crippen molar-refractivity contribution < 1.29 is 4.39 Å². The van der Waals surface area contributed by atoms with E-state index in [4.69, 9.17) is 0 Å². The fraction of sp³-hybridized carbons (Fsp3) is 0.167. The average molecular weight is 295 g/mol. The molecule has 3 aromatic rings. The van der Waals surface area contributed by atoms with Crippen molar-refractivity contribution in [3.63, 3.8) is 0 Å². The Bertz CT molecular complexity index is 741. The molecule has 112 valence electrons. The Hall–Kier alpha value is -2.62. The lowest BCUT2D eigenvalue weighted by Gasteiger charge is -2.17. The number of alkyl halides is 1. The van der Waals surface area contributed by atoms with Crippen LogP contribution < -0.4 is 4.90 Å². The molecule has 4 heteroatoms. The van der Waals surface area contributed by atoms with E-state index in [1.165, 1.54) is 0 Å². The molecule has 3 rings (SSSR count). The summed E-state index contributed by atoms with van der Waals surface area (Å²) in [6.07, 6.45) is 3.97. The Morgan fingerprint density at radius 2 is 1.86 bits per heavy atom. The molecule has 1 heterocycles. The van der Waals surface area contributed by atoms with E-state index in [2.05, 4.69) is 9.97 Å². The predicted octanol–water partition coefficient (Wildman–Crippen LogP) is 4.14. The molecule has 3 nitrogen and oxygen atoms in total. The molecular weight excluding hydrogens is 277 g/mol. The molecule has 0 radical (unpaired) electrons. The van der Waals surface area contributed by atoms with Crippen LogP contribution in [0.5, 0.6) is 0 Å². The number of benzene rings is 2. The molecule has 0 unspecified atom stereocenters. The summed E-state index contributed by atoms with van der Waals surface area (Å²) in [5.41, 5.74) is 4.09. The van der Waals surface area contributed by atoms with Gasteiger partial charge in [0.15, 0.2) is 0 Å². The van der Waals surface area contributed by atoms with Crippen molar-refractivity contribution in [2.75, 3.05) is 25.2 Å². The number of fused-ring (bicyclic) bond motifs is 1. The highest BCUT2D eigenvalue weighted by atomic mass is 19.1. The zero-order chi connectivity index (χ0) is 15.4. The SMILES string of the molecule is CN(CCF)c1ccc(/C=C\c2nc3ccccc3[nH]2)cc1. The standard InChI is InChI=1S/C18H18FN3/c1-22(13-12-19)15-9-6-14(7-10-15)8-11-18-20-16-4-2-3-5-17(16)21-18/h2-11H,12-13H2,1H3,(H,20,21)/b11-8-. The van der Waals surface area contributed by atoms with Crippen LogP contribution in [0.3, 0.4) is 0 Å². The van der Waals surface area contributed by atoms with E-state index in [1.807, 2.05) is 72.6 Å². The Labute approximate surface area is 129 Å². The third-order valence-corrected chi connectivity index (χ3v) is 3.60. The number of nitrogens with zero attached hydrogens (tertiary/aromatic N) is 2. The summed E-state index contributed by atoms with van der Waals surface area (Å²) in [4.78, 5) is 9.67. The minimum absolute atomic E-state index is 0.343. The van der Waals surface area contributed by atoms with Crippen molar-refractivity contribution in [2.24, 2.45) is 0 Å². The third kappa shape index (κ3) is 3.17. The van der Waals surface area contributed by atoms with Gasteiger partial charge >= 0.3 is 0 Å². The maximum Gasteiger partial charge on any atom is 0.131 e. The van der Waals surface area contributed by atoms with E-state index in [9.17, 15) is 4.39 Å². The minimum atomic E-state index is -0.343. The number of imidazole rings is 1. The number of aromatic amines is 1. The van der Waals surface area contributed by atoms with Gasteiger partial charge in [0, 0.05) is 19.3 Å². The van der Waals surface area contributed by atoms with Crippen LogP contribution in [0.1, 0.15) is 11.4 Å². The predicted molar refractivity (Wildman–Crippen MR) is 90.7 cm³/mol. The van der Waals surface area contributed by atoms with Crippen molar-refractivity contribution in [3.8, 4) is 0 Å². The van der Waals surface area contributed by atoms with E-state index >= 15 is 0 Å². The molecule has 0 amide bonds. The van der Waals surface area contributed by atoms with Crippen molar-refractivity contribution in [3.05, 3.63) is 59.9 Å². The van der Waals surface area contributed by atoms with Gasteiger partial charge in [-0.05, 0) is 35.9 Å². The third-order valence-electron chi connectivity index (χ3n) is 3.60. The summed E-state index contributed by atoms with van der Waals surface area (Å²) in [6.45, 7) is 0.0678. The molecule has 0 saturated carbocycles. The van der Waals surface area contributed by atoms with Gasteiger partial charge in [0.1, 0.15) is 12.5 Å². The minimum Gasteiger partial charge on any atom is -0.372 e. The number of hydrogen-bond acceptors (Lipinski definition) is 2. The summed E-state index contributed by atoms with van der Waals surface area (Å²) in [5.74, 6) is 0.833. The number of H-pyrrole nitrogens is 1. The summed E-state index contributed by atoms with van der Waals surface area (Å²) in [6, 6.07) is 16.0. The van der Waals surface area contributed by atoms with E-state index in [-0.39, 0.29) is 6.67 Å². The second kappa shape index (κ2) is 6.43. The van der Waals surface area contributed by atoms with Crippen LogP contribution in [-0.4, -0.2) is 30.2 Å². The van der Waals surface area contributed by atoms with Crippen molar-refractivity contribution in [1.29, 1.82) is 0 Å². The fourth-order valence-corrected chi connectivity index (χ4v) is 2.32. The van der Waals surface area contributed by atoms with E-state index in [0.717, 1.165) is 28.1 Å². The highest BCUT2D eigenvalue weighted by Crippen LogP contribution is 2.16. The van der Waals surface area contributed by atoms with Crippen LogP contribution in [0.4, 0.5) is 10.1 Å². The number of halogens is 1. The normalized spacial score (nSPS) is 11.4.